The Hall–Kier alpha value is 1.22. The summed E-state index contributed by atoms with van der Waals surface area (Å²) in [4.78, 5) is 31.7. The molecule has 18 heteroatoms. The summed E-state index contributed by atoms with van der Waals surface area (Å²) in [6.07, 6.45) is 19.2. The third kappa shape index (κ3) is 18.5. The third-order valence-corrected chi connectivity index (χ3v) is 16.1. The number of nitrogens with one attached hydrogen (secondary N) is 2. The molecule has 0 spiro atoms. The van der Waals surface area contributed by atoms with Gasteiger partial charge in [0.1, 0.15) is 6.54 Å². The molecule has 1 saturated heterocycles. The van der Waals surface area contributed by atoms with Gasteiger partial charge in [0.15, 0.2) is 11.8 Å². The molecule has 4 aliphatic rings. The Bertz CT molecular complexity index is 1630. The molecule has 6 atom stereocenters. The van der Waals surface area contributed by atoms with Crippen molar-refractivity contribution < 1.29 is 145 Å². The normalized spacial score (nSPS) is 25.9. The van der Waals surface area contributed by atoms with Gasteiger partial charge in [0.25, 0.3) is 0 Å². The van der Waals surface area contributed by atoms with E-state index in [1.165, 1.54) is 11.4 Å². The van der Waals surface area contributed by atoms with E-state index in [0.29, 0.717) is 57.2 Å². The molecule has 3 fully saturated rings. The molecule has 0 radical (unpaired) electrons. The first-order valence-electron chi connectivity index (χ1n) is 23.1. The van der Waals surface area contributed by atoms with Crippen molar-refractivity contribution in [2.75, 3.05) is 67.5 Å². The fraction of sp³-hybridized carbons (Fsp3) is 0.844. The molecular formula is C45H79K2N6O8S2+. The van der Waals surface area contributed by atoms with Gasteiger partial charge in [0, 0.05) is 97.0 Å². The van der Waals surface area contributed by atoms with Crippen LogP contribution in [0.5, 0.6) is 0 Å². The number of allylic oxidation sites excluding steroid dienone is 4. The maximum atomic E-state index is 12.5. The Morgan fingerprint density at radius 1 is 0.825 bits per heavy atom. The molecule has 2 N–H and O–H groups in total. The van der Waals surface area contributed by atoms with Gasteiger partial charge in [0.2, 0.25) is 11.8 Å². The minimum absolute atomic E-state index is 0. The topological polar surface area (TPSA) is 170 Å². The van der Waals surface area contributed by atoms with E-state index in [1.807, 2.05) is 28.2 Å². The van der Waals surface area contributed by atoms with E-state index < -0.39 is 15.4 Å². The zero-order valence-electron chi connectivity index (χ0n) is 40.6. The number of nitrogens with zero attached hydrogens (tertiary/aromatic N) is 4. The van der Waals surface area contributed by atoms with Crippen molar-refractivity contribution in [3.63, 3.8) is 0 Å². The number of amides is 2. The van der Waals surface area contributed by atoms with Crippen molar-refractivity contribution >= 4 is 39.7 Å². The van der Waals surface area contributed by atoms with Gasteiger partial charge >= 0.3 is 103 Å². The Kier molecular flexibility index (Phi) is 28.2. The second-order valence-corrected chi connectivity index (χ2v) is 22.4. The van der Waals surface area contributed by atoms with Crippen LogP contribution in [0.15, 0.2) is 23.9 Å². The van der Waals surface area contributed by atoms with Crippen LogP contribution in [0.4, 0.5) is 0 Å². The van der Waals surface area contributed by atoms with Crippen LogP contribution >= 0.6 is 12.0 Å². The van der Waals surface area contributed by atoms with E-state index >= 15 is 0 Å². The molecule has 0 aromatic rings. The Morgan fingerprint density at radius 3 is 2.00 bits per heavy atom. The molecule has 2 amide bonds. The number of hydrogen-bond acceptors (Lipinski definition) is 12. The van der Waals surface area contributed by atoms with Gasteiger partial charge in [-0.05, 0) is 138 Å². The minimum atomic E-state index is -4.39. The van der Waals surface area contributed by atoms with E-state index in [4.69, 9.17) is 4.33 Å². The van der Waals surface area contributed by atoms with Crippen LogP contribution in [0.2, 0.25) is 0 Å². The zero-order chi connectivity index (χ0) is 44.8. The molecule has 6 unspecified atom stereocenters. The monoisotopic (exact) mass is 973 g/mol. The second-order valence-electron chi connectivity index (χ2n) is 19.7. The molecule has 0 aromatic heterocycles. The molecule has 0 aromatic carbocycles. The van der Waals surface area contributed by atoms with Gasteiger partial charge in [-0.2, -0.15) is 4.33 Å². The van der Waals surface area contributed by atoms with E-state index in [9.17, 15) is 27.8 Å². The molecule has 0 bridgehead atoms. The van der Waals surface area contributed by atoms with Gasteiger partial charge < -0.3 is 35.1 Å². The van der Waals surface area contributed by atoms with Crippen molar-refractivity contribution in [3.8, 4) is 0 Å². The number of unbranched alkanes of at least 4 members (excludes halogenated alkanes) is 4. The van der Waals surface area contributed by atoms with E-state index in [-0.39, 0.29) is 143 Å². The number of carbonyl (C=O) groups is 2. The predicted molar refractivity (Wildman–Crippen MR) is 240 cm³/mol. The SMILES string of the molecule is CN(C)CCCNC(=O)CCCCCN1/C(=C\C=C\C2=[N+](CCCCCC(=O)NCCCN(C)C)C3CCC(SOO[O-])CC3C2(C)C)C(C)(C)C2CC(S(=O)(=O)[O-])CCC21.[K+].[K+]. The Morgan fingerprint density at radius 2 is 1.43 bits per heavy atom. The van der Waals surface area contributed by atoms with Crippen LogP contribution in [0, 0.1) is 22.7 Å². The third-order valence-electron chi connectivity index (χ3n) is 14.1. The summed E-state index contributed by atoms with van der Waals surface area (Å²) in [5, 5.41) is 19.8. The van der Waals surface area contributed by atoms with Crippen LogP contribution in [0.25, 0.3) is 0 Å². The summed E-state index contributed by atoms with van der Waals surface area (Å²) in [7, 11) is 3.74. The second kappa shape index (κ2) is 29.4. The number of hydrogen-bond donors (Lipinski definition) is 2. The van der Waals surface area contributed by atoms with Gasteiger partial charge in [-0.1, -0.05) is 26.3 Å². The number of carbonyl (C=O) groups excluding carboxylic acids is 2. The molecule has 350 valence electrons. The summed E-state index contributed by atoms with van der Waals surface area (Å²) < 4.78 is 44.2. The fourth-order valence-corrected chi connectivity index (χ4v) is 12.3. The summed E-state index contributed by atoms with van der Waals surface area (Å²) in [6.45, 7) is 14.0. The van der Waals surface area contributed by atoms with Crippen LogP contribution in [-0.4, -0.2) is 140 Å². The van der Waals surface area contributed by atoms with Crippen molar-refractivity contribution in [2.24, 2.45) is 22.7 Å². The van der Waals surface area contributed by atoms with Gasteiger partial charge in [-0.15, -0.1) is 0 Å². The number of rotatable bonds is 26. The number of fused-ring (bicyclic) bond motifs is 2. The van der Waals surface area contributed by atoms with Gasteiger partial charge in [0.05, 0.1) is 15.5 Å². The number of likely N-dealkylation sites (tertiary alicyclic amines) is 1. The summed E-state index contributed by atoms with van der Waals surface area (Å²) >= 11 is 1.13. The molecule has 2 aliphatic carbocycles. The minimum Gasteiger partial charge on any atom is -0.748 e. The van der Waals surface area contributed by atoms with Crippen molar-refractivity contribution in [2.45, 2.75) is 153 Å². The molecule has 14 nitrogen and oxygen atoms in total. The molecule has 4 rings (SSSR count). The van der Waals surface area contributed by atoms with Gasteiger partial charge in [-0.25, -0.2) is 13.0 Å². The first-order valence-corrected chi connectivity index (χ1v) is 25.3. The largest absolute Gasteiger partial charge is 1.00 e. The molecule has 2 aliphatic heterocycles. The Balaban J connectivity index is 0.00000683. The fourth-order valence-electron chi connectivity index (χ4n) is 10.8. The van der Waals surface area contributed by atoms with Crippen LogP contribution in [0.1, 0.15) is 130 Å². The summed E-state index contributed by atoms with van der Waals surface area (Å²) in [5.74, 6) is 0.598. The van der Waals surface area contributed by atoms with Crippen LogP contribution in [-0.2, 0) is 29.1 Å². The van der Waals surface area contributed by atoms with Crippen molar-refractivity contribution in [3.05, 3.63) is 23.9 Å². The Labute approximate surface area is 470 Å². The summed E-state index contributed by atoms with van der Waals surface area (Å²) in [6, 6.07) is 0.498. The van der Waals surface area contributed by atoms with E-state index in [2.05, 4.69) is 80.9 Å². The van der Waals surface area contributed by atoms with E-state index in [0.717, 1.165) is 109 Å². The van der Waals surface area contributed by atoms with Crippen molar-refractivity contribution in [1.29, 1.82) is 0 Å². The maximum absolute atomic E-state index is 12.5. The average molecular weight is 974 g/mol. The van der Waals surface area contributed by atoms with Gasteiger partial charge in [-0.3, -0.25) is 14.6 Å². The molecule has 2 saturated carbocycles. The quantitative estimate of drug-likeness (QED) is 0.0207. The predicted octanol–water partition coefficient (Wildman–Crippen LogP) is -0.982. The first-order chi connectivity index (χ1) is 28.9. The smallest absolute Gasteiger partial charge is 0.748 e. The zero-order valence-corrected chi connectivity index (χ0v) is 48.5. The first kappa shape index (κ1) is 60.3. The maximum Gasteiger partial charge on any atom is 1.00 e. The van der Waals surface area contributed by atoms with Crippen LogP contribution in [0.3, 0.4) is 0 Å². The average Bonchev–Trinajstić information content (AvgIpc) is 3.54. The van der Waals surface area contributed by atoms with Crippen molar-refractivity contribution in [1.82, 2.24) is 25.3 Å². The summed E-state index contributed by atoms with van der Waals surface area (Å²) in [5.41, 5.74) is 1.95. The standard InChI is InChI=1S/C45H80N6O8S2.2K/c1-44(2)36-32-34(60-59-58-54)22-24-38(36)50(30-13-9-11-20-42(52)46-26-16-28-48(5)6)40(44)18-15-19-41-45(3,4)37-33-35(61(55,56)57)23-25-39(37)51(41)31-14-10-12-21-43(53)47-27-17-29-49(7)8;;/h15,18-19,34-39H,9-14,16-17,20-33H2,1-8H3,(H3-,46,47,52,53,54,55,56,57);;/q;2*+1/p-1. The van der Waals surface area contributed by atoms with Crippen LogP contribution < -0.4 is 119 Å². The molecule has 63 heavy (non-hydrogen) atoms. The molecular weight excluding hydrogens is 895 g/mol. The molecule has 2 heterocycles. The van der Waals surface area contributed by atoms with E-state index in [1.54, 1.807) is 0 Å².